The maximum atomic E-state index is 12.7. The molecular weight excluding hydrogens is 673 g/mol. The Bertz CT molecular complexity index is 1190. The van der Waals surface area contributed by atoms with E-state index >= 15 is 0 Å². The fourth-order valence-corrected chi connectivity index (χ4v) is 6.80. The fourth-order valence-electron chi connectivity index (χ4n) is 6.80. The molecule has 2 aromatic carbocycles. The van der Waals surface area contributed by atoms with Crippen molar-refractivity contribution >= 4 is 11.8 Å². The van der Waals surface area contributed by atoms with Crippen LogP contribution in [0.1, 0.15) is 143 Å². The number of carbonyl (C=O) groups excluding carboxylic acids is 2. The Balaban J connectivity index is 1.46. The SMILES string of the molecule is CCN(CCCCCC(=O)N(C)CCCCCCCCN(C)C(=O)CCCCCN(CC)Cc1ccccc1OC(C)C)Cc1ccccc1OC(C)C. The summed E-state index contributed by atoms with van der Waals surface area (Å²) in [6, 6.07) is 16.7. The van der Waals surface area contributed by atoms with Gasteiger partial charge in [-0.25, -0.2) is 0 Å². The van der Waals surface area contributed by atoms with Gasteiger partial charge in [-0.2, -0.15) is 0 Å². The lowest BCUT2D eigenvalue weighted by Crippen LogP contribution is -2.27. The van der Waals surface area contributed by atoms with Gasteiger partial charge in [0.1, 0.15) is 11.5 Å². The number of rotatable bonds is 31. The number of benzene rings is 2. The maximum Gasteiger partial charge on any atom is 0.222 e. The second kappa shape index (κ2) is 28.3. The Morgan fingerprint density at radius 2 is 0.833 bits per heavy atom. The van der Waals surface area contributed by atoms with Crippen molar-refractivity contribution in [3.05, 3.63) is 59.7 Å². The van der Waals surface area contributed by atoms with Crippen molar-refractivity contribution in [1.29, 1.82) is 0 Å². The molecule has 0 fully saturated rings. The maximum absolute atomic E-state index is 12.7. The minimum Gasteiger partial charge on any atom is -0.491 e. The molecule has 0 N–H and O–H groups in total. The topological polar surface area (TPSA) is 65.6 Å². The summed E-state index contributed by atoms with van der Waals surface area (Å²) in [4.78, 5) is 34.2. The Kier molecular flexibility index (Phi) is 24.7. The van der Waals surface area contributed by atoms with Crippen molar-refractivity contribution in [2.45, 2.75) is 157 Å². The smallest absolute Gasteiger partial charge is 0.222 e. The van der Waals surface area contributed by atoms with E-state index in [1.807, 2.05) is 36.0 Å². The van der Waals surface area contributed by atoms with E-state index in [4.69, 9.17) is 9.47 Å². The molecule has 306 valence electrons. The van der Waals surface area contributed by atoms with Crippen LogP contribution < -0.4 is 9.47 Å². The van der Waals surface area contributed by atoms with Gasteiger partial charge in [-0.15, -0.1) is 0 Å². The highest BCUT2D eigenvalue weighted by atomic mass is 16.5. The zero-order valence-electron chi connectivity index (χ0n) is 35.8. The van der Waals surface area contributed by atoms with E-state index < -0.39 is 0 Å². The number of amides is 2. The van der Waals surface area contributed by atoms with E-state index in [9.17, 15) is 9.59 Å². The van der Waals surface area contributed by atoms with Gasteiger partial charge in [-0.1, -0.05) is 88.8 Å². The van der Waals surface area contributed by atoms with Gasteiger partial charge in [-0.3, -0.25) is 19.4 Å². The van der Waals surface area contributed by atoms with Crippen LogP contribution in [0, 0.1) is 0 Å². The van der Waals surface area contributed by atoms with E-state index in [1.54, 1.807) is 0 Å². The van der Waals surface area contributed by atoms with Crippen LogP contribution in [0.15, 0.2) is 48.5 Å². The highest BCUT2D eigenvalue weighted by Gasteiger charge is 2.13. The van der Waals surface area contributed by atoms with Gasteiger partial charge in [0.05, 0.1) is 12.2 Å². The van der Waals surface area contributed by atoms with Crippen LogP contribution in [0.4, 0.5) is 0 Å². The summed E-state index contributed by atoms with van der Waals surface area (Å²) < 4.78 is 12.0. The molecule has 0 atom stereocenters. The average Bonchev–Trinajstić information content (AvgIpc) is 3.15. The van der Waals surface area contributed by atoms with Crippen molar-refractivity contribution in [1.82, 2.24) is 19.6 Å². The molecular formula is C46H78N4O4. The Labute approximate surface area is 330 Å². The van der Waals surface area contributed by atoms with Gasteiger partial charge in [0.2, 0.25) is 11.8 Å². The Morgan fingerprint density at radius 1 is 0.500 bits per heavy atom. The first kappa shape index (κ1) is 47.1. The largest absolute Gasteiger partial charge is 0.491 e. The van der Waals surface area contributed by atoms with Gasteiger partial charge in [0.25, 0.3) is 0 Å². The van der Waals surface area contributed by atoms with Crippen molar-refractivity contribution in [3.8, 4) is 11.5 Å². The van der Waals surface area contributed by atoms with Gasteiger partial charge in [0, 0.05) is 64.2 Å². The second-order valence-electron chi connectivity index (χ2n) is 15.7. The highest BCUT2D eigenvalue weighted by Crippen LogP contribution is 2.23. The molecule has 54 heavy (non-hydrogen) atoms. The van der Waals surface area contributed by atoms with Gasteiger partial charge in [-0.05, 0) is 105 Å². The lowest BCUT2D eigenvalue weighted by atomic mass is 10.1. The number of nitrogens with zero attached hydrogens (tertiary/aromatic N) is 4. The molecule has 0 unspecified atom stereocenters. The molecule has 0 spiro atoms. The molecule has 0 saturated heterocycles. The Morgan fingerprint density at radius 3 is 1.20 bits per heavy atom. The molecule has 0 saturated carbocycles. The van der Waals surface area contributed by atoms with Gasteiger partial charge >= 0.3 is 0 Å². The van der Waals surface area contributed by atoms with Gasteiger partial charge in [0.15, 0.2) is 0 Å². The molecule has 2 amide bonds. The highest BCUT2D eigenvalue weighted by molar-refractivity contribution is 5.76. The van der Waals surface area contributed by atoms with Crippen molar-refractivity contribution < 1.29 is 19.1 Å². The molecule has 0 aromatic heterocycles. The normalized spacial score (nSPS) is 11.6. The lowest BCUT2D eigenvalue weighted by molar-refractivity contribution is -0.130. The number of hydrogen-bond donors (Lipinski definition) is 0. The summed E-state index contributed by atoms with van der Waals surface area (Å²) in [6.45, 7) is 20.2. The Hall–Kier alpha value is -3.10. The minimum absolute atomic E-state index is 0.167. The predicted octanol–water partition coefficient (Wildman–Crippen LogP) is 9.98. The standard InChI is InChI=1S/C46H78N4O4/c1-9-49(37-41-27-19-21-29-43(41)53-39(3)4)35-25-15-17-31-45(51)47(7)33-23-13-11-12-14-24-34-48(8)46(52)32-18-16-26-36-50(10-2)38-42-28-20-22-30-44(42)54-40(5)6/h19-22,27-30,39-40H,9-18,23-26,31-38H2,1-8H3. The lowest BCUT2D eigenvalue weighted by Gasteiger charge is -2.23. The average molecular weight is 751 g/mol. The summed E-state index contributed by atoms with van der Waals surface area (Å²) in [7, 11) is 3.91. The number of para-hydroxylation sites is 2. The van der Waals surface area contributed by atoms with Crippen molar-refractivity contribution in [2.24, 2.45) is 0 Å². The van der Waals surface area contributed by atoms with E-state index in [-0.39, 0.29) is 24.0 Å². The summed E-state index contributed by atoms with van der Waals surface area (Å²) in [6.07, 6.45) is 14.7. The van der Waals surface area contributed by atoms with Crippen LogP contribution in [0.25, 0.3) is 0 Å². The zero-order valence-corrected chi connectivity index (χ0v) is 35.8. The third kappa shape index (κ3) is 20.5. The number of hydrogen-bond acceptors (Lipinski definition) is 6. The van der Waals surface area contributed by atoms with Crippen LogP contribution in [0.2, 0.25) is 0 Å². The van der Waals surface area contributed by atoms with Crippen LogP contribution in [-0.4, -0.2) is 97.0 Å². The molecule has 8 nitrogen and oxygen atoms in total. The first-order chi connectivity index (χ1) is 26.0. The molecule has 0 radical (unpaired) electrons. The van der Waals surface area contributed by atoms with E-state index in [0.717, 1.165) is 128 Å². The number of carbonyl (C=O) groups is 2. The minimum atomic E-state index is 0.167. The molecule has 0 heterocycles. The molecule has 0 aliphatic carbocycles. The van der Waals surface area contributed by atoms with E-state index in [0.29, 0.717) is 12.8 Å². The third-order valence-electron chi connectivity index (χ3n) is 10.2. The van der Waals surface area contributed by atoms with E-state index in [1.165, 1.54) is 24.0 Å². The van der Waals surface area contributed by atoms with Crippen LogP contribution in [0.3, 0.4) is 0 Å². The first-order valence-electron chi connectivity index (χ1n) is 21.5. The third-order valence-corrected chi connectivity index (χ3v) is 10.2. The summed E-state index contributed by atoms with van der Waals surface area (Å²) in [5.74, 6) is 2.50. The summed E-state index contributed by atoms with van der Waals surface area (Å²) in [5.41, 5.74) is 2.48. The number of ether oxygens (including phenoxy) is 2. The summed E-state index contributed by atoms with van der Waals surface area (Å²) >= 11 is 0. The van der Waals surface area contributed by atoms with Crippen LogP contribution >= 0.6 is 0 Å². The first-order valence-corrected chi connectivity index (χ1v) is 21.5. The van der Waals surface area contributed by atoms with Gasteiger partial charge < -0.3 is 19.3 Å². The molecule has 8 heteroatoms. The molecule has 2 rings (SSSR count). The van der Waals surface area contributed by atoms with Crippen LogP contribution in [0.5, 0.6) is 11.5 Å². The number of unbranched alkanes of at least 4 members (excludes halogenated alkanes) is 9. The monoisotopic (exact) mass is 751 g/mol. The predicted molar refractivity (Wildman–Crippen MR) is 226 cm³/mol. The van der Waals surface area contributed by atoms with Crippen LogP contribution in [-0.2, 0) is 22.7 Å². The molecule has 0 aliphatic heterocycles. The van der Waals surface area contributed by atoms with E-state index in [2.05, 4.69) is 87.7 Å². The fraction of sp³-hybridized carbons (Fsp3) is 0.696. The van der Waals surface area contributed by atoms with Crippen molar-refractivity contribution in [2.75, 3.05) is 53.4 Å². The molecule has 2 aromatic rings. The van der Waals surface area contributed by atoms with Crippen molar-refractivity contribution in [3.63, 3.8) is 0 Å². The zero-order chi connectivity index (χ0) is 39.6. The second-order valence-corrected chi connectivity index (χ2v) is 15.7. The molecule has 0 aliphatic rings. The summed E-state index contributed by atoms with van der Waals surface area (Å²) in [5, 5.41) is 0. The quantitative estimate of drug-likeness (QED) is 0.0716. The molecule has 0 bridgehead atoms.